The molecule has 1 aromatic carbocycles. The van der Waals surface area contributed by atoms with Crippen molar-refractivity contribution < 1.29 is 4.74 Å². The Bertz CT molecular complexity index is 1240. The second kappa shape index (κ2) is 7.94. The lowest BCUT2D eigenvalue weighted by molar-refractivity contribution is 0.146. The van der Waals surface area contributed by atoms with Gasteiger partial charge in [-0.3, -0.25) is 9.30 Å². The van der Waals surface area contributed by atoms with E-state index in [0.29, 0.717) is 0 Å². The Morgan fingerprint density at radius 1 is 0.903 bits per heavy atom. The molecule has 4 heterocycles. The van der Waals surface area contributed by atoms with E-state index in [1.165, 1.54) is 11.3 Å². The Morgan fingerprint density at radius 3 is 2.35 bits per heavy atom. The van der Waals surface area contributed by atoms with Crippen LogP contribution in [0.4, 0.5) is 0 Å². The number of nitrogens with zero attached hydrogens (tertiary/aromatic N) is 5. The third-order valence-electron chi connectivity index (χ3n) is 6.37. The van der Waals surface area contributed by atoms with E-state index in [1.807, 2.05) is 12.1 Å². The second-order valence-electron chi connectivity index (χ2n) is 8.55. The van der Waals surface area contributed by atoms with E-state index in [4.69, 9.17) is 14.7 Å². The molecular formula is C25H29N5O. The molecule has 31 heavy (non-hydrogen) atoms. The van der Waals surface area contributed by atoms with Crippen molar-refractivity contribution in [2.75, 3.05) is 40.3 Å². The summed E-state index contributed by atoms with van der Waals surface area (Å²) in [6.07, 6.45) is 0. The van der Waals surface area contributed by atoms with Crippen LogP contribution in [-0.2, 0) is 6.54 Å². The van der Waals surface area contributed by atoms with Gasteiger partial charge in [-0.25, -0.2) is 9.97 Å². The van der Waals surface area contributed by atoms with E-state index >= 15 is 0 Å². The topological polar surface area (TPSA) is 45.9 Å². The largest absolute Gasteiger partial charge is 0.497 e. The third kappa shape index (κ3) is 3.66. The van der Waals surface area contributed by atoms with E-state index in [9.17, 15) is 0 Å². The maximum absolute atomic E-state index is 5.30. The third-order valence-corrected chi connectivity index (χ3v) is 6.37. The number of piperazine rings is 1. The van der Waals surface area contributed by atoms with Crippen LogP contribution in [-0.4, -0.2) is 64.5 Å². The molecule has 0 radical (unpaired) electrons. The lowest BCUT2D eigenvalue weighted by atomic mass is 10.1. The Hall–Kier alpha value is -2.96. The lowest BCUT2D eigenvalue weighted by Crippen LogP contribution is -2.44. The Labute approximate surface area is 183 Å². The molecule has 6 nitrogen and oxygen atoms in total. The van der Waals surface area contributed by atoms with Crippen molar-refractivity contribution in [2.24, 2.45) is 0 Å². The van der Waals surface area contributed by atoms with Crippen molar-refractivity contribution in [3.05, 3.63) is 59.4 Å². The van der Waals surface area contributed by atoms with Gasteiger partial charge in [0.25, 0.3) is 0 Å². The van der Waals surface area contributed by atoms with E-state index in [-0.39, 0.29) is 0 Å². The van der Waals surface area contributed by atoms with Crippen LogP contribution in [0.25, 0.3) is 27.9 Å². The zero-order valence-corrected chi connectivity index (χ0v) is 18.7. The molecule has 0 spiro atoms. The van der Waals surface area contributed by atoms with Crippen molar-refractivity contribution in [1.29, 1.82) is 0 Å². The van der Waals surface area contributed by atoms with Gasteiger partial charge < -0.3 is 9.64 Å². The molecule has 1 aliphatic heterocycles. The Morgan fingerprint density at radius 2 is 1.65 bits per heavy atom. The highest BCUT2D eigenvalue weighted by atomic mass is 16.5. The zero-order valence-electron chi connectivity index (χ0n) is 18.7. The molecule has 1 aliphatic rings. The van der Waals surface area contributed by atoms with Crippen molar-refractivity contribution in [1.82, 2.24) is 24.2 Å². The van der Waals surface area contributed by atoms with Gasteiger partial charge in [0.15, 0.2) is 0 Å². The first-order valence-corrected chi connectivity index (χ1v) is 10.9. The van der Waals surface area contributed by atoms with Gasteiger partial charge in [-0.05, 0) is 68.9 Å². The highest BCUT2D eigenvalue weighted by molar-refractivity contribution is 5.83. The SMILES string of the molecule is COc1ccc(-c2ccc3cc(C)c4nc(C)c(CN5CCN(C)CC5)n4c3n2)cc1. The second-order valence-corrected chi connectivity index (χ2v) is 8.55. The van der Waals surface area contributed by atoms with Gasteiger partial charge in [-0.2, -0.15) is 0 Å². The maximum atomic E-state index is 5.30. The minimum Gasteiger partial charge on any atom is -0.497 e. The minimum absolute atomic E-state index is 0.849. The van der Waals surface area contributed by atoms with E-state index in [0.717, 1.165) is 72.1 Å². The molecule has 5 rings (SSSR count). The van der Waals surface area contributed by atoms with Crippen LogP contribution in [0, 0.1) is 13.8 Å². The van der Waals surface area contributed by atoms with Crippen molar-refractivity contribution in [2.45, 2.75) is 20.4 Å². The van der Waals surface area contributed by atoms with Crippen LogP contribution in [0.5, 0.6) is 5.75 Å². The summed E-state index contributed by atoms with van der Waals surface area (Å²) in [5.74, 6) is 0.849. The fourth-order valence-electron chi connectivity index (χ4n) is 4.43. The first kappa shape index (κ1) is 20.0. The normalized spacial score (nSPS) is 15.7. The van der Waals surface area contributed by atoms with Gasteiger partial charge in [0.05, 0.1) is 24.2 Å². The molecular weight excluding hydrogens is 386 g/mol. The fourth-order valence-corrected chi connectivity index (χ4v) is 4.43. The number of hydrogen-bond acceptors (Lipinski definition) is 5. The van der Waals surface area contributed by atoms with Gasteiger partial charge in [-0.15, -0.1) is 0 Å². The summed E-state index contributed by atoms with van der Waals surface area (Å²) in [6, 6.07) is 14.5. The standard InChI is InChI=1S/C25H29N5O/c1-17-15-20-7-10-22(19-5-8-21(31-4)9-6-19)27-25(20)30-23(18(2)26-24(17)30)16-29-13-11-28(3)12-14-29/h5-10,15H,11-14,16H2,1-4H3. The quantitative estimate of drug-likeness (QED) is 0.506. The zero-order chi connectivity index (χ0) is 21.5. The summed E-state index contributed by atoms with van der Waals surface area (Å²) in [5.41, 5.74) is 7.52. The summed E-state index contributed by atoms with van der Waals surface area (Å²) in [7, 11) is 3.88. The molecule has 0 saturated carbocycles. The molecule has 0 unspecified atom stereocenters. The van der Waals surface area contributed by atoms with Crippen LogP contribution in [0.2, 0.25) is 0 Å². The van der Waals surface area contributed by atoms with Crippen molar-refractivity contribution in [3.8, 4) is 17.0 Å². The van der Waals surface area contributed by atoms with Crippen molar-refractivity contribution in [3.63, 3.8) is 0 Å². The Kier molecular flexibility index (Phi) is 5.12. The number of fused-ring (bicyclic) bond motifs is 3. The van der Waals surface area contributed by atoms with Gasteiger partial charge >= 0.3 is 0 Å². The van der Waals surface area contributed by atoms with Crippen LogP contribution in [0.3, 0.4) is 0 Å². The fraction of sp³-hybridized carbons (Fsp3) is 0.360. The maximum Gasteiger partial charge on any atom is 0.146 e. The van der Waals surface area contributed by atoms with Crippen molar-refractivity contribution >= 4 is 16.7 Å². The van der Waals surface area contributed by atoms with Crippen LogP contribution < -0.4 is 4.74 Å². The first-order chi connectivity index (χ1) is 15.0. The molecule has 0 N–H and O–H groups in total. The molecule has 0 atom stereocenters. The van der Waals surface area contributed by atoms with Crippen LogP contribution >= 0.6 is 0 Å². The number of pyridine rings is 2. The van der Waals surface area contributed by atoms with Crippen LogP contribution in [0.15, 0.2) is 42.5 Å². The number of aryl methyl sites for hydroxylation is 2. The number of rotatable bonds is 4. The van der Waals surface area contributed by atoms with E-state index < -0.39 is 0 Å². The van der Waals surface area contributed by atoms with Crippen LogP contribution in [0.1, 0.15) is 17.0 Å². The highest BCUT2D eigenvalue weighted by Gasteiger charge is 2.20. The van der Waals surface area contributed by atoms with Gasteiger partial charge in [-0.1, -0.05) is 0 Å². The van der Waals surface area contributed by atoms with Gasteiger partial charge in [0, 0.05) is 43.7 Å². The minimum atomic E-state index is 0.849. The lowest BCUT2D eigenvalue weighted by Gasteiger charge is -2.32. The molecule has 1 fully saturated rings. The number of likely N-dealkylation sites (N-methyl/N-ethyl adjacent to an activating group) is 1. The average Bonchev–Trinajstić information content (AvgIpc) is 3.12. The predicted molar refractivity (Wildman–Crippen MR) is 125 cm³/mol. The average molecular weight is 416 g/mol. The molecule has 1 saturated heterocycles. The predicted octanol–water partition coefficient (Wildman–Crippen LogP) is 3.92. The molecule has 3 aromatic heterocycles. The highest BCUT2D eigenvalue weighted by Crippen LogP contribution is 2.27. The molecule has 0 bridgehead atoms. The number of hydrogen-bond donors (Lipinski definition) is 0. The number of imidazole rings is 1. The molecule has 6 heteroatoms. The summed E-state index contributed by atoms with van der Waals surface area (Å²) in [5, 5.41) is 1.14. The summed E-state index contributed by atoms with van der Waals surface area (Å²) in [6.45, 7) is 9.53. The molecule has 4 aromatic rings. The summed E-state index contributed by atoms with van der Waals surface area (Å²) >= 11 is 0. The van der Waals surface area contributed by atoms with Gasteiger partial charge in [0.2, 0.25) is 0 Å². The smallest absolute Gasteiger partial charge is 0.146 e. The monoisotopic (exact) mass is 415 g/mol. The number of ether oxygens (including phenoxy) is 1. The van der Waals surface area contributed by atoms with E-state index in [1.54, 1.807) is 7.11 Å². The van der Waals surface area contributed by atoms with Gasteiger partial charge in [0.1, 0.15) is 17.0 Å². The summed E-state index contributed by atoms with van der Waals surface area (Å²) < 4.78 is 7.59. The number of methoxy groups -OCH3 is 1. The first-order valence-electron chi connectivity index (χ1n) is 10.9. The number of benzene rings is 1. The molecule has 160 valence electrons. The molecule has 0 amide bonds. The summed E-state index contributed by atoms with van der Waals surface area (Å²) in [4.78, 5) is 15.0. The Balaban J connectivity index is 1.63. The van der Waals surface area contributed by atoms with E-state index in [2.05, 4.69) is 65.4 Å². The number of aromatic nitrogens is 3. The molecule has 0 aliphatic carbocycles.